The van der Waals surface area contributed by atoms with E-state index >= 15 is 0 Å². The second kappa shape index (κ2) is 7.66. The molecule has 0 aliphatic heterocycles. The molecule has 1 fully saturated rings. The summed E-state index contributed by atoms with van der Waals surface area (Å²) < 4.78 is 0. The number of nitrogens with one attached hydrogen (secondary N) is 1. The Morgan fingerprint density at radius 3 is 2.47 bits per heavy atom. The van der Waals surface area contributed by atoms with Crippen LogP contribution in [0.4, 0.5) is 0 Å². The fourth-order valence-electron chi connectivity index (χ4n) is 3.34. The molecule has 2 nitrogen and oxygen atoms in total. The summed E-state index contributed by atoms with van der Waals surface area (Å²) in [4.78, 5) is 0. The lowest BCUT2D eigenvalue weighted by atomic mass is 9.83. The number of benzene rings is 1. The molecule has 3 N–H and O–H groups in total. The van der Waals surface area contributed by atoms with Gasteiger partial charge < -0.3 is 0 Å². The van der Waals surface area contributed by atoms with Crippen LogP contribution in [0.1, 0.15) is 56.1 Å². The molecule has 2 rings (SSSR count). The molecular weight excluding hydrogens is 232 g/mol. The van der Waals surface area contributed by atoms with E-state index in [2.05, 4.69) is 36.6 Å². The zero-order valence-corrected chi connectivity index (χ0v) is 12.2. The summed E-state index contributed by atoms with van der Waals surface area (Å²) in [6, 6.07) is 9.24. The third kappa shape index (κ3) is 4.63. The lowest BCUT2D eigenvalue weighted by Crippen LogP contribution is -2.42. The molecule has 1 atom stereocenters. The van der Waals surface area contributed by atoms with Crippen LogP contribution in [0.5, 0.6) is 0 Å². The van der Waals surface area contributed by atoms with Crippen LogP contribution in [0.15, 0.2) is 24.3 Å². The van der Waals surface area contributed by atoms with Crippen molar-refractivity contribution >= 4 is 0 Å². The fourth-order valence-corrected chi connectivity index (χ4v) is 3.34. The highest BCUT2D eigenvalue weighted by atomic mass is 15.2. The predicted molar refractivity (Wildman–Crippen MR) is 81.8 cm³/mol. The van der Waals surface area contributed by atoms with Gasteiger partial charge in [0.25, 0.3) is 0 Å². The molecule has 1 aliphatic rings. The predicted octanol–water partition coefficient (Wildman–Crippen LogP) is 3.73. The van der Waals surface area contributed by atoms with Gasteiger partial charge in [0.15, 0.2) is 0 Å². The van der Waals surface area contributed by atoms with E-state index in [0.29, 0.717) is 6.04 Å². The Morgan fingerprint density at radius 1 is 1.16 bits per heavy atom. The van der Waals surface area contributed by atoms with Crippen LogP contribution in [0.3, 0.4) is 0 Å². The molecule has 0 saturated heterocycles. The quantitative estimate of drug-likeness (QED) is 0.639. The zero-order valence-electron chi connectivity index (χ0n) is 12.2. The Hall–Kier alpha value is -0.860. The van der Waals surface area contributed by atoms with Gasteiger partial charge >= 0.3 is 0 Å². The molecule has 1 aromatic carbocycles. The van der Waals surface area contributed by atoms with E-state index in [4.69, 9.17) is 5.84 Å². The average molecular weight is 260 g/mol. The number of hydrogen-bond acceptors (Lipinski definition) is 2. The standard InChI is InChI=1S/C17H28N2/c1-14-8-7-9-15(12-14)13-17(19-18)16-10-5-3-2-4-6-11-16/h7-9,12,16-17,19H,2-6,10-11,13,18H2,1H3. The maximum absolute atomic E-state index is 5.83. The molecule has 0 bridgehead atoms. The van der Waals surface area contributed by atoms with Gasteiger partial charge in [-0.2, -0.15) is 0 Å². The van der Waals surface area contributed by atoms with Gasteiger partial charge in [0.05, 0.1) is 0 Å². The van der Waals surface area contributed by atoms with Gasteiger partial charge in [-0.3, -0.25) is 11.3 Å². The number of aryl methyl sites for hydroxylation is 1. The molecule has 0 amide bonds. The first kappa shape index (κ1) is 14.5. The molecule has 1 unspecified atom stereocenters. The van der Waals surface area contributed by atoms with Crippen molar-refractivity contribution in [3.63, 3.8) is 0 Å². The summed E-state index contributed by atoms with van der Waals surface area (Å²) >= 11 is 0. The molecule has 1 saturated carbocycles. The summed E-state index contributed by atoms with van der Waals surface area (Å²) in [6.07, 6.45) is 10.7. The van der Waals surface area contributed by atoms with Gasteiger partial charge in [-0.1, -0.05) is 61.9 Å². The molecule has 0 spiro atoms. The summed E-state index contributed by atoms with van der Waals surface area (Å²) in [5, 5.41) is 0. The second-order valence-corrected chi connectivity index (χ2v) is 6.07. The van der Waals surface area contributed by atoms with Crippen molar-refractivity contribution in [1.29, 1.82) is 0 Å². The van der Waals surface area contributed by atoms with E-state index in [1.54, 1.807) is 0 Å². The van der Waals surface area contributed by atoms with E-state index in [1.165, 1.54) is 56.1 Å². The number of hydrazine groups is 1. The number of hydrogen-bond donors (Lipinski definition) is 2. The van der Waals surface area contributed by atoms with Crippen molar-refractivity contribution in [2.45, 2.75) is 64.3 Å². The average Bonchev–Trinajstić information content (AvgIpc) is 2.36. The van der Waals surface area contributed by atoms with Crippen LogP contribution >= 0.6 is 0 Å². The Balaban J connectivity index is 1.97. The summed E-state index contributed by atoms with van der Waals surface area (Å²) in [5.74, 6) is 6.57. The highest BCUT2D eigenvalue weighted by molar-refractivity contribution is 5.23. The molecule has 2 heteroatoms. The lowest BCUT2D eigenvalue weighted by molar-refractivity contribution is 0.285. The Morgan fingerprint density at radius 2 is 1.84 bits per heavy atom. The van der Waals surface area contributed by atoms with Gasteiger partial charge in [-0.15, -0.1) is 0 Å². The lowest BCUT2D eigenvalue weighted by Gasteiger charge is -2.28. The highest BCUT2D eigenvalue weighted by Gasteiger charge is 2.21. The Bertz CT molecular complexity index is 367. The fraction of sp³-hybridized carbons (Fsp3) is 0.647. The maximum atomic E-state index is 5.83. The number of nitrogens with two attached hydrogens (primary N) is 1. The molecule has 0 radical (unpaired) electrons. The molecule has 1 aliphatic carbocycles. The summed E-state index contributed by atoms with van der Waals surface area (Å²) in [5.41, 5.74) is 5.83. The van der Waals surface area contributed by atoms with Crippen molar-refractivity contribution in [2.75, 3.05) is 0 Å². The SMILES string of the molecule is Cc1cccc(CC(NN)C2CCCCCCC2)c1. The van der Waals surface area contributed by atoms with E-state index < -0.39 is 0 Å². The van der Waals surface area contributed by atoms with E-state index in [9.17, 15) is 0 Å². The first-order valence-electron chi connectivity index (χ1n) is 7.81. The van der Waals surface area contributed by atoms with Crippen LogP contribution < -0.4 is 11.3 Å². The van der Waals surface area contributed by atoms with Crippen molar-refractivity contribution in [2.24, 2.45) is 11.8 Å². The topological polar surface area (TPSA) is 38.0 Å². The van der Waals surface area contributed by atoms with Crippen molar-refractivity contribution in [1.82, 2.24) is 5.43 Å². The normalized spacial score (nSPS) is 19.7. The first-order valence-corrected chi connectivity index (χ1v) is 7.81. The monoisotopic (exact) mass is 260 g/mol. The van der Waals surface area contributed by atoms with Crippen LogP contribution in [0.25, 0.3) is 0 Å². The van der Waals surface area contributed by atoms with Crippen LogP contribution in [-0.2, 0) is 6.42 Å². The van der Waals surface area contributed by atoms with E-state index in [0.717, 1.165) is 12.3 Å². The molecule has 0 aromatic heterocycles. The largest absolute Gasteiger partial charge is 0.271 e. The van der Waals surface area contributed by atoms with Crippen LogP contribution in [0, 0.1) is 12.8 Å². The molecule has 0 heterocycles. The second-order valence-electron chi connectivity index (χ2n) is 6.07. The van der Waals surface area contributed by atoms with E-state index in [-0.39, 0.29) is 0 Å². The molecule has 106 valence electrons. The molecule has 19 heavy (non-hydrogen) atoms. The van der Waals surface area contributed by atoms with Gasteiger partial charge in [-0.25, -0.2) is 0 Å². The van der Waals surface area contributed by atoms with Gasteiger partial charge in [0.2, 0.25) is 0 Å². The molecular formula is C17H28N2. The van der Waals surface area contributed by atoms with Gasteiger partial charge in [0, 0.05) is 6.04 Å². The molecule has 1 aromatic rings. The Kier molecular flexibility index (Phi) is 5.87. The minimum Gasteiger partial charge on any atom is -0.271 e. The van der Waals surface area contributed by atoms with Crippen LogP contribution in [-0.4, -0.2) is 6.04 Å². The van der Waals surface area contributed by atoms with Crippen molar-refractivity contribution in [3.05, 3.63) is 35.4 Å². The van der Waals surface area contributed by atoms with Crippen molar-refractivity contribution in [3.8, 4) is 0 Å². The Labute approximate surface area is 117 Å². The minimum atomic E-state index is 0.430. The maximum Gasteiger partial charge on any atom is 0.0279 e. The minimum absolute atomic E-state index is 0.430. The van der Waals surface area contributed by atoms with Gasteiger partial charge in [-0.05, 0) is 37.7 Å². The third-order valence-corrected chi connectivity index (χ3v) is 4.47. The third-order valence-electron chi connectivity index (χ3n) is 4.47. The highest BCUT2D eigenvalue weighted by Crippen LogP contribution is 2.26. The summed E-state index contributed by atoms with van der Waals surface area (Å²) in [6.45, 7) is 2.16. The van der Waals surface area contributed by atoms with E-state index in [1.807, 2.05) is 0 Å². The smallest absolute Gasteiger partial charge is 0.0279 e. The summed E-state index contributed by atoms with van der Waals surface area (Å²) in [7, 11) is 0. The zero-order chi connectivity index (χ0) is 13.5. The van der Waals surface area contributed by atoms with Crippen LogP contribution in [0.2, 0.25) is 0 Å². The van der Waals surface area contributed by atoms with Gasteiger partial charge in [0.1, 0.15) is 0 Å². The van der Waals surface area contributed by atoms with Crippen molar-refractivity contribution < 1.29 is 0 Å². The number of rotatable bonds is 4. The first-order chi connectivity index (χ1) is 9.29.